The fraction of sp³-hybridized carbons (Fsp3) is 0.421. The van der Waals surface area contributed by atoms with Gasteiger partial charge in [-0.05, 0) is 18.4 Å². The number of anilines is 2. The molecule has 2 heterocycles. The van der Waals surface area contributed by atoms with Gasteiger partial charge in [-0.1, -0.05) is 30.3 Å². The van der Waals surface area contributed by atoms with Crippen molar-refractivity contribution in [3.05, 3.63) is 42.2 Å². The van der Waals surface area contributed by atoms with Crippen LogP contribution in [0.15, 0.2) is 36.7 Å². The molecule has 4 unspecified atom stereocenters. The largest absolute Gasteiger partial charge is 0.396 e. The predicted octanol–water partition coefficient (Wildman–Crippen LogP) is 0.338. The fourth-order valence-electron chi connectivity index (χ4n) is 3.78. The zero-order chi connectivity index (χ0) is 19.7. The number of nitrogens with zero attached hydrogens (tertiary/aromatic N) is 4. The Bertz CT molecular complexity index is 947. The number of hydrogen-bond donors (Lipinski definition) is 5. The molecule has 4 rings (SSSR count). The number of hydrogen-bond acceptors (Lipinski definition) is 8. The van der Waals surface area contributed by atoms with Crippen molar-refractivity contribution in [2.24, 2.45) is 5.92 Å². The summed E-state index contributed by atoms with van der Waals surface area (Å²) in [6, 6.07) is 9.64. The van der Waals surface area contributed by atoms with Gasteiger partial charge in [0.15, 0.2) is 11.5 Å². The van der Waals surface area contributed by atoms with E-state index < -0.39 is 18.2 Å². The molecular formula is C19H24N6O3. The quantitative estimate of drug-likeness (QED) is 0.409. The van der Waals surface area contributed by atoms with Gasteiger partial charge in [-0.15, -0.1) is 0 Å². The zero-order valence-electron chi connectivity index (χ0n) is 15.3. The lowest BCUT2D eigenvalue weighted by molar-refractivity contribution is -0.00370. The Kier molecular flexibility index (Phi) is 5.12. The molecule has 9 nitrogen and oxygen atoms in total. The summed E-state index contributed by atoms with van der Waals surface area (Å²) >= 11 is 0. The molecule has 0 saturated heterocycles. The molecule has 9 heteroatoms. The molecule has 1 aromatic carbocycles. The van der Waals surface area contributed by atoms with E-state index in [1.165, 1.54) is 5.56 Å². The normalized spacial score (nSPS) is 24.7. The first kappa shape index (κ1) is 18.6. The third kappa shape index (κ3) is 3.39. The maximum Gasteiger partial charge on any atom is 0.226 e. The Hall–Kier alpha value is -2.75. The smallest absolute Gasteiger partial charge is 0.226 e. The minimum Gasteiger partial charge on any atom is -0.396 e. The van der Waals surface area contributed by atoms with Crippen LogP contribution < -0.4 is 11.1 Å². The summed E-state index contributed by atoms with van der Waals surface area (Å²) in [6.45, 7) is 0.450. The van der Waals surface area contributed by atoms with Gasteiger partial charge in [0.05, 0.1) is 18.5 Å². The number of nitrogens with two attached hydrogens (primary N) is 1. The molecular weight excluding hydrogens is 360 g/mol. The van der Waals surface area contributed by atoms with E-state index in [0.717, 1.165) is 6.42 Å². The monoisotopic (exact) mass is 384 g/mol. The van der Waals surface area contributed by atoms with Crippen LogP contribution in [0.1, 0.15) is 18.0 Å². The molecule has 1 saturated carbocycles. The lowest BCUT2D eigenvalue weighted by atomic mass is 10.1. The summed E-state index contributed by atoms with van der Waals surface area (Å²) < 4.78 is 1.71. The summed E-state index contributed by atoms with van der Waals surface area (Å²) in [5, 5.41) is 33.1. The number of nitrogen functional groups attached to an aromatic ring is 1. The van der Waals surface area contributed by atoms with Crippen molar-refractivity contribution < 1.29 is 15.3 Å². The number of rotatable bonds is 6. The number of aliphatic hydroxyl groups is 3. The summed E-state index contributed by atoms with van der Waals surface area (Å²) in [7, 11) is 0. The number of benzene rings is 1. The number of imidazole rings is 1. The Morgan fingerprint density at radius 1 is 1.14 bits per heavy atom. The van der Waals surface area contributed by atoms with E-state index in [0.29, 0.717) is 30.1 Å². The van der Waals surface area contributed by atoms with E-state index in [1.54, 1.807) is 10.9 Å². The second kappa shape index (κ2) is 7.70. The Morgan fingerprint density at radius 3 is 2.64 bits per heavy atom. The van der Waals surface area contributed by atoms with Crippen LogP contribution in [-0.2, 0) is 6.42 Å². The topological polar surface area (TPSA) is 142 Å². The molecule has 28 heavy (non-hydrogen) atoms. The SMILES string of the molecule is Nc1nc(NCCc2ccccc2)nc2c1ncn2C1CC(CO)C(O)C1O. The number of nitrogens with one attached hydrogen (secondary N) is 1. The van der Waals surface area contributed by atoms with Crippen LogP contribution in [0.4, 0.5) is 11.8 Å². The molecule has 0 spiro atoms. The first-order chi connectivity index (χ1) is 13.6. The van der Waals surface area contributed by atoms with E-state index in [1.807, 2.05) is 18.2 Å². The lowest BCUT2D eigenvalue weighted by Gasteiger charge is -2.18. The average Bonchev–Trinajstić information content (AvgIpc) is 3.24. The van der Waals surface area contributed by atoms with Gasteiger partial charge in [-0.25, -0.2) is 4.98 Å². The zero-order valence-corrected chi connectivity index (χ0v) is 15.3. The highest BCUT2D eigenvalue weighted by atomic mass is 16.3. The molecule has 1 aliphatic carbocycles. The van der Waals surface area contributed by atoms with E-state index in [2.05, 4.69) is 32.4 Å². The maximum atomic E-state index is 10.4. The molecule has 0 aliphatic heterocycles. The first-order valence-electron chi connectivity index (χ1n) is 9.33. The van der Waals surface area contributed by atoms with E-state index in [4.69, 9.17) is 5.73 Å². The van der Waals surface area contributed by atoms with Gasteiger partial charge in [0, 0.05) is 19.1 Å². The fourth-order valence-corrected chi connectivity index (χ4v) is 3.78. The van der Waals surface area contributed by atoms with Crippen molar-refractivity contribution in [3.63, 3.8) is 0 Å². The third-order valence-corrected chi connectivity index (χ3v) is 5.35. The third-order valence-electron chi connectivity index (χ3n) is 5.35. The lowest BCUT2D eigenvalue weighted by Crippen LogP contribution is -2.30. The molecule has 2 aromatic heterocycles. The summed E-state index contributed by atoms with van der Waals surface area (Å²) in [5.41, 5.74) is 8.19. The van der Waals surface area contributed by atoms with Crippen molar-refractivity contribution in [2.45, 2.75) is 31.1 Å². The molecule has 0 radical (unpaired) electrons. The van der Waals surface area contributed by atoms with Gasteiger partial charge in [0.25, 0.3) is 0 Å². The first-order valence-corrected chi connectivity index (χ1v) is 9.33. The van der Waals surface area contributed by atoms with E-state index >= 15 is 0 Å². The Balaban J connectivity index is 1.56. The Morgan fingerprint density at radius 2 is 1.93 bits per heavy atom. The molecule has 6 N–H and O–H groups in total. The van der Waals surface area contributed by atoms with Crippen LogP contribution in [0, 0.1) is 5.92 Å². The highest BCUT2D eigenvalue weighted by Gasteiger charge is 2.42. The van der Waals surface area contributed by atoms with Crippen LogP contribution in [-0.4, -0.2) is 60.2 Å². The van der Waals surface area contributed by atoms with Crippen LogP contribution in [0.25, 0.3) is 11.2 Å². The van der Waals surface area contributed by atoms with Crippen LogP contribution in [0.3, 0.4) is 0 Å². The molecule has 148 valence electrons. The number of fused-ring (bicyclic) bond motifs is 1. The second-order valence-electron chi connectivity index (χ2n) is 7.15. The van der Waals surface area contributed by atoms with Gasteiger partial charge in [-0.2, -0.15) is 9.97 Å². The van der Waals surface area contributed by atoms with Crippen LogP contribution in [0.5, 0.6) is 0 Å². The molecule has 4 atom stereocenters. The van der Waals surface area contributed by atoms with Crippen molar-refractivity contribution in [1.82, 2.24) is 19.5 Å². The van der Waals surface area contributed by atoms with Crippen LogP contribution >= 0.6 is 0 Å². The van der Waals surface area contributed by atoms with Gasteiger partial charge in [0.2, 0.25) is 5.95 Å². The minimum absolute atomic E-state index is 0.190. The average molecular weight is 384 g/mol. The van der Waals surface area contributed by atoms with Crippen molar-refractivity contribution >= 4 is 22.9 Å². The highest BCUT2D eigenvalue weighted by molar-refractivity contribution is 5.83. The molecule has 0 amide bonds. The molecule has 0 bridgehead atoms. The number of aromatic nitrogens is 4. The Labute approximate surface area is 161 Å². The van der Waals surface area contributed by atoms with Gasteiger partial charge >= 0.3 is 0 Å². The van der Waals surface area contributed by atoms with Crippen molar-refractivity contribution in [2.75, 3.05) is 24.2 Å². The van der Waals surface area contributed by atoms with Gasteiger partial charge < -0.3 is 30.9 Å². The minimum atomic E-state index is -1.01. The van der Waals surface area contributed by atoms with Crippen molar-refractivity contribution in [3.8, 4) is 0 Å². The second-order valence-corrected chi connectivity index (χ2v) is 7.15. The van der Waals surface area contributed by atoms with Gasteiger partial charge in [0.1, 0.15) is 11.6 Å². The molecule has 1 fully saturated rings. The van der Waals surface area contributed by atoms with E-state index in [9.17, 15) is 15.3 Å². The summed E-state index contributed by atoms with van der Waals surface area (Å²) in [6.07, 6.45) is 0.775. The van der Waals surface area contributed by atoms with Crippen molar-refractivity contribution in [1.29, 1.82) is 0 Å². The molecule has 1 aliphatic rings. The van der Waals surface area contributed by atoms with Gasteiger partial charge in [-0.3, -0.25) is 0 Å². The molecule has 3 aromatic rings. The number of aliphatic hydroxyl groups excluding tert-OH is 3. The highest BCUT2D eigenvalue weighted by Crippen LogP contribution is 2.37. The van der Waals surface area contributed by atoms with Crippen LogP contribution in [0.2, 0.25) is 0 Å². The van der Waals surface area contributed by atoms with E-state index in [-0.39, 0.29) is 18.3 Å². The predicted molar refractivity (Wildman–Crippen MR) is 105 cm³/mol. The summed E-state index contributed by atoms with van der Waals surface area (Å²) in [5.74, 6) is 0.243. The summed E-state index contributed by atoms with van der Waals surface area (Å²) in [4.78, 5) is 13.1. The maximum absolute atomic E-state index is 10.4. The standard InChI is InChI=1S/C19H24N6O3/c20-17-14-18(24-19(23-17)21-7-6-11-4-2-1-3-5-11)25(10-22-14)13-8-12(9-26)15(27)16(13)28/h1-5,10,12-13,15-16,26-28H,6-9H2,(H3,20,21,23,24).